The highest BCUT2D eigenvalue weighted by atomic mass is 35.5. The molecule has 1 amide bonds. The highest BCUT2D eigenvalue weighted by Crippen LogP contribution is 2.25. The standard InChI is InChI=1S/C14H17ClN4O/c1-3-17-9(2)11-5-4-10(8-12(11)15)19-7-6-13(18-19)14(16)20/h4-9,17H,3H2,1-2H3,(H2,16,20). The molecule has 20 heavy (non-hydrogen) atoms. The molecule has 0 aliphatic carbocycles. The van der Waals surface area contributed by atoms with Crippen molar-refractivity contribution in [3.8, 4) is 5.69 Å². The normalized spacial score (nSPS) is 12.3. The molecule has 0 saturated heterocycles. The summed E-state index contributed by atoms with van der Waals surface area (Å²) in [4.78, 5) is 11.0. The van der Waals surface area contributed by atoms with Gasteiger partial charge in [0.15, 0.2) is 0 Å². The predicted octanol–water partition coefficient (Wildman–Crippen LogP) is 2.30. The second kappa shape index (κ2) is 6.07. The molecule has 1 aromatic heterocycles. The zero-order valence-electron chi connectivity index (χ0n) is 11.4. The zero-order valence-corrected chi connectivity index (χ0v) is 12.2. The van der Waals surface area contributed by atoms with Gasteiger partial charge in [0.1, 0.15) is 5.69 Å². The lowest BCUT2D eigenvalue weighted by Gasteiger charge is -2.15. The summed E-state index contributed by atoms with van der Waals surface area (Å²) in [6.07, 6.45) is 1.68. The maximum absolute atomic E-state index is 11.0. The molecule has 2 aromatic rings. The van der Waals surface area contributed by atoms with Crippen LogP contribution in [0.5, 0.6) is 0 Å². The molecule has 1 aromatic carbocycles. The lowest BCUT2D eigenvalue weighted by molar-refractivity contribution is 0.0995. The third-order valence-corrected chi connectivity index (χ3v) is 3.39. The SMILES string of the molecule is CCNC(C)c1ccc(-n2ccc(C(N)=O)n2)cc1Cl. The van der Waals surface area contributed by atoms with Crippen molar-refractivity contribution in [1.29, 1.82) is 0 Å². The first-order chi connectivity index (χ1) is 9.52. The molecule has 0 radical (unpaired) electrons. The van der Waals surface area contributed by atoms with E-state index in [-0.39, 0.29) is 11.7 Å². The molecule has 2 rings (SSSR count). The van der Waals surface area contributed by atoms with Crippen LogP contribution in [0, 0.1) is 0 Å². The zero-order chi connectivity index (χ0) is 14.7. The van der Waals surface area contributed by atoms with Crippen LogP contribution in [0.15, 0.2) is 30.5 Å². The molecule has 0 bridgehead atoms. The fraction of sp³-hybridized carbons (Fsp3) is 0.286. The van der Waals surface area contributed by atoms with Crippen LogP contribution in [0.3, 0.4) is 0 Å². The minimum atomic E-state index is -0.549. The van der Waals surface area contributed by atoms with Crippen LogP contribution >= 0.6 is 11.6 Å². The molecule has 0 fully saturated rings. The minimum Gasteiger partial charge on any atom is -0.364 e. The Kier molecular flexibility index (Phi) is 4.42. The number of nitrogens with zero attached hydrogens (tertiary/aromatic N) is 2. The topological polar surface area (TPSA) is 72.9 Å². The number of benzene rings is 1. The van der Waals surface area contributed by atoms with E-state index in [1.54, 1.807) is 16.9 Å². The van der Waals surface area contributed by atoms with Crippen molar-refractivity contribution in [3.05, 3.63) is 46.7 Å². The fourth-order valence-electron chi connectivity index (χ4n) is 2.03. The van der Waals surface area contributed by atoms with Crippen molar-refractivity contribution in [2.24, 2.45) is 5.73 Å². The molecular formula is C14H17ClN4O. The number of nitrogens with two attached hydrogens (primary N) is 1. The summed E-state index contributed by atoms with van der Waals surface area (Å²) < 4.78 is 1.58. The highest BCUT2D eigenvalue weighted by molar-refractivity contribution is 6.31. The molecular weight excluding hydrogens is 276 g/mol. The summed E-state index contributed by atoms with van der Waals surface area (Å²) >= 11 is 6.31. The lowest BCUT2D eigenvalue weighted by Crippen LogP contribution is -2.18. The molecule has 3 N–H and O–H groups in total. The number of hydrogen-bond acceptors (Lipinski definition) is 3. The number of primary amides is 1. The summed E-state index contributed by atoms with van der Waals surface area (Å²) in [7, 11) is 0. The third-order valence-electron chi connectivity index (χ3n) is 3.07. The van der Waals surface area contributed by atoms with Crippen molar-refractivity contribution < 1.29 is 4.79 Å². The number of aromatic nitrogens is 2. The van der Waals surface area contributed by atoms with Gasteiger partial charge in [0.2, 0.25) is 0 Å². The average Bonchev–Trinajstić information content (AvgIpc) is 2.88. The number of halogens is 1. The van der Waals surface area contributed by atoms with Gasteiger partial charge >= 0.3 is 0 Å². The molecule has 0 aliphatic heterocycles. The number of amides is 1. The van der Waals surface area contributed by atoms with Gasteiger partial charge in [-0.1, -0.05) is 24.6 Å². The van der Waals surface area contributed by atoms with E-state index in [0.717, 1.165) is 17.8 Å². The highest BCUT2D eigenvalue weighted by Gasteiger charge is 2.11. The van der Waals surface area contributed by atoms with Crippen LogP contribution in [-0.4, -0.2) is 22.2 Å². The molecule has 5 nitrogen and oxygen atoms in total. The largest absolute Gasteiger partial charge is 0.364 e. The second-order valence-electron chi connectivity index (χ2n) is 4.49. The van der Waals surface area contributed by atoms with Gasteiger partial charge in [-0.15, -0.1) is 0 Å². The van der Waals surface area contributed by atoms with E-state index in [1.165, 1.54) is 0 Å². The van der Waals surface area contributed by atoms with Crippen LogP contribution in [0.1, 0.15) is 35.9 Å². The Morgan fingerprint density at radius 3 is 2.80 bits per heavy atom. The summed E-state index contributed by atoms with van der Waals surface area (Å²) in [5.74, 6) is -0.549. The summed E-state index contributed by atoms with van der Waals surface area (Å²) in [6, 6.07) is 7.44. The quantitative estimate of drug-likeness (QED) is 0.888. The molecule has 6 heteroatoms. The van der Waals surface area contributed by atoms with E-state index in [1.807, 2.05) is 25.1 Å². The Morgan fingerprint density at radius 1 is 1.50 bits per heavy atom. The average molecular weight is 293 g/mol. The molecule has 1 atom stereocenters. The van der Waals surface area contributed by atoms with E-state index >= 15 is 0 Å². The first-order valence-electron chi connectivity index (χ1n) is 6.41. The Morgan fingerprint density at radius 2 is 2.25 bits per heavy atom. The van der Waals surface area contributed by atoms with Crippen LogP contribution < -0.4 is 11.1 Å². The van der Waals surface area contributed by atoms with Gasteiger partial charge < -0.3 is 11.1 Å². The molecule has 1 heterocycles. The van der Waals surface area contributed by atoms with Crippen molar-refractivity contribution in [3.63, 3.8) is 0 Å². The molecule has 0 spiro atoms. The van der Waals surface area contributed by atoms with Crippen molar-refractivity contribution in [2.45, 2.75) is 19.9 Å². The van der Waals surface area contributed by atoms with Crippen molar-refractivity contribution in [1.82, 2.24) is 15.1 Å². The lowest BCUT2D eigenvalue weighted by atomic mass is 10.1. The summed E-state index contributed by atoms with van der Waals surface area (Å²) in [6.45, 7) is 4.98. The second-order valence-corrected chi connectivity index (χ2v) is 4.90. The Labute approximate surface area is 122 Å². The Bertz CT molecular complexity index is 623. The van der Waals surface area contributed by atoms with Gasteiger partial charge in [0.05, 0.1) is 5.69 Å². The van der Waals surface area contributed by atoms with E-state index in [4.69, 9.17) is 17.3 Å². The first kappa shape index (κ1) is 14.6. The minimum absolute atomic E-state index is 0.181. The van der Waals surface area contributed by atoms with Gasteiger partial charge in [0, 0.05) is 17.3 Å². The van der Waals surface area contributed by atoms with Gasteiger partial charge in [-0.2, -0.15) is 5.10 Å². The molecule has 1 unspecified atom stereocenters. The summed E-state index contributed by atoms with van der Waals surface area (Å²) in [5, 5.41) is 8.07. The summed E-state index contributed by atoms with van der Waals surface area (Å²) in [5.41, 5.74) is 7.23. The van der Waals surface area contributed by atoms with Crippen LogP contribution in [-0.2, 0) is 0 Å². The number of rotatable bonds is 5. The van der Waals surface area contributed by atoms with Gasteiger partial charge in [-0.25, -0.2) is 4.68 Å². The third kappa shape index (κ3) is 3.00. The van der Waals surface area contributed by atoms with E-state index in [0.29, 0.717) is 5.02 Å². The first-order valence-corrected chi connectivity index (χ1v) is 6.79. The smallest absolute Gasteiger partial charge is 0.269 e. The molecule has 0 saturated carbocycles. The predicted molar refractivity (Wildman–Crippen MR) is 79.2 cm³/mol. The maximum Gasteiger partial charge on any atom is 0.269 e. The Hall–Kier alpha value is -1.85. The number of nitrogens with one attached hydrogen (secondary N) is 1. The van der Waals surface area contributed by atoms with Gasteiger partial charge in [-0.3, -0.25) is 4.79 Å². The number of carbonyl (C=O) groups excluding carboxylic acids is 1. The molecule has 106 valence electrons. The van der Waals surface area contributed by atoms with Gasteiger partial charge in [-0.05, 0) is 37.2 Å². The molecule has 0 aliphatic rings. The van der Waals surface area contributed by atoms with E-state index in [9.17, 15) is 4.79 Å². The van der Waals surface area contributed by atoms with Crippen LogP contribution in [0.4, 0.5) is 0 Å². The van der Waals surface area contributed by atoms with E-state index in [2.05, 4.69) is 17.3 Å². The monoisotopic (exact) mass is 292 g/mol. The van der Waals surface area contributed by atoms with Crippen LogP contribution in [0.2, 0.25) is 5.02 Å². The number of carbonyl (C=O) groups is 1. The van der Waals surface area contributed by atoms with E-state index < -0.39 is 5.91 Å². The number of hydrogen-bond donors (Lipinski definition) is 2. The van der Waals surface area contributed by atoms with Crippen LogP contribution in [0.25, 0.3) is 5.69 Å². The maximum atomic E-state index is 11.0. The van der Waals surface area contributed by atoms with Crippen molar-refractivity contribution in [2.75, 3.05) is 6.54 Å². The fourth-order valence-corrected chi connectivity index (χ4v) is 2.36. The Balaban J connectivity index is 2.30. The van der Waals surface area contributed by atoms with Gasteiger partial charge in [0.25, 0.3) is 5.91 Å². The van der Waals surface area contributed by atoms with Crippen molar-refractivity contribution >= 4 is 17.5 Å².